The first kappa shape index (κ1) is 16.0. The van der Waals surface area contributed by atoms with Crippen molar-refractivity contribution >= 4 is 16.1 Å². The van der Waals surface area contributed by atoms with Crippen LogP contribution in [-0.4, -0.2) is 49.8 Å². The van der Waals surface area contributed by atoms with E-state index in [4.69, 9.17) is 4.42 Å². The van der Waals surface area contributed by atoms with E-state index in [1.165, 1.54) is 11.2 Å². The van der Waals surface area contributed by atoms with Gasteiger partial charge < -0.3 is 14.4 Å². The maximum atomic E-state index is 12.7. The smallest absolute Gasteiger partial charge is 0.302 e. The topological polar surface area (TPSA) is 87.8 Å². The average molecular weight is 319 g/mol. The van der Waals surface area contributed by atoms with Crippen molar-refractivity contribution in [3.8, 4) is 0 Å². The van der Waals surface area contributed by atoms with Gasteiger partial charge in [0.1, 0.15) is 5.76 Å². The summed E-state index contributed by atoms with van der Waals surface area (Å²) < 4.78 is 39.1. The molecule has 2 heterocycles. The highest BCUT2D eigenvalue weighted by atomic mass is 32.3. The van der Waals surface area contributed by atoms with Crippen LogP contribution in [0.15, 0.2) is 22.8 Å². The number of hydrogen-bond donors (Lipinski definition) is 1. The summed E-state index contributed by atoms with van der Waals surface area (Å²) in [5.74, 6) is -0.835. The fourth-order valence-corrected chi connectivity index (χ4v) is 3.42. The molecular weight excluding hydrogens is 301 g/mol. The van der Waals surface area contributed by atoms with E-state index in [0.717, 1.165) is 0 Å². The van der Waals surface area contributed by atoms with Crippen molar-refractivity contribution in [2.75, 3.05) is 25.4 Å². The molecule has 0 aromatic carbocycles. The van der Waals surface area contributed by atoms with Crippen LogP contribution in [0.1, 0.15) is 12.2 Å². The molecule has 0 bridgehead atoms. The largest absolute Gasteiger partial charge is 0.469 e. The molecule has 0 radical (unpaired) electrons. The third kappa shape index (κ3) is 4.82. The molecular formula is C13H18FNO5S. The van der Waals surface area contributed by atoms with Crippen LogP contribution in [0.4, 0.5) is 3.89 Å². The van der Waals surface area contributed by atoms with E-state index in [1.54, 1.807) is 12.1 Å². The lowest BCUT2D eigenvalue weighted by Gasteiger charge is -2.22. The van der Waals surface area contributed by atoms with E-state index in [-0.39, 0.29) is 31.4 Å². The minimum atomic E-state index is -4.57. The Kier molecular flexibility index (Phi) is 5.00. The lowest BCUT2D eigenvalue weighted by molar-refractivity contribution is -0.128. The summed E-state index contributed by atoms with van der Waals surface area (Å²) in [5.41, 5.74) is 0. The van der Waals surface area contributed by atoms with Gasteiger partial charge in [-0.25, -0.2) is 0 Å². The van der Waals surface area contributed by atoms with E-state index < -0.39 is 21.9 Å². The van der Waals surface area contributed by atoms with Crippen molar-refractivity contribution in [2.45, 2.75) is 12.8 Å². The van der Waals surface area contributed by atoms with Crippen molar-refractivity contribution in [3.05, 3.63) is 24.2 Å². The number of carbonyl (C=O) groups is 1. The predicted molar refractivity (Wildman–Crippen MR) is 72.6 cm³/mol. The molecule has 0 saturated carbocycles. The zero-order chi connectivity index (χ0) is 15.5. The molecule has 1 N–H and O–H groups in total. The Hall–Kier alpha value is -1.41. The molecule has 1 aliphatic heterocycles. The number of furan rings is 1. The van der Waals surface area contributed by atoms with Gasteiger partial charge in [-0.3, -0.25) is 4.79 Å². The number of nitrogens with zero attached hydrogens (tertiary/aromatic N) is 1. The highest BCUT2D eigenvalue weighted by Gasteiger charge is 2.33. The monoisotopic (exact) mass is 319 g/mol. The molecule has 118 valence electrons. The quantitative estimate of drug-likeness (QED) is 0.743. The Morgan fingerprint density at radius 3 is 2.86 bits per heavy atom. The fraction of sp³-hybridized carbons (Fsp3) is 0.615. The molecule has 0 spiro atoms. The average Bonchev–Trinajstić information content (AvgIpc) is 2.97. The molecule has 21 heavy (non-hydrogen) atoms. The van der Waals surface area contributed by atoms with Crippen LogP contribution in [0, 0.1) is 11.8 Å². The van der Waals surface area contributed by atoms with Crippen molar-refractivity contribution < 1.29 is 26.6 Å². The van der Waals surface area contributed by atoms with Crippen molar-refractivity contribution in [3.63, 3.8) is 0 Å². The lowest BCUT2D eigenvalue weighted by atomic mass is 10.0. The molecule has 1 amide bonds. The van der Waals surface area contributed by atoms with Crippen molar-refractivity contribution in [1.29, 1.82) is 0 Å². The second kappa shape index (κ2) is 6.57. The van der Waals surface area contributed by atoms with Gasteiger partial charge in [0.15, 0.2) is 0 Å². The Balaban J connectivity index is 1.90. The first-order chi connectivity index (χ1) is 9.87. The van der Waals surface area contributed by atoms with Crippen LogP contribution < -0.4 is 0 Å². The second-order valence-corrected chi connectivity index (χ2v) is 6.82. The van der Waals surface area contributed by atoms with Crippen LogP contribution in [0.25, 0.3) is 0 Å². The van der Waals surface area contributed by atoms with E-state index in [9.17, 15) is 22.2 Å². The molecule has 2 unspecified atom stereocenters. The van der Waals surface area contributed by atoms with Gasteiger partial charge >= 0.3 is 10.2 Å². The van der Waals surface area contributed by atoms with Gasteiger partial charge in [0.25, 0.3) is 0 Å². The lowest BCUT2D eigenvalue weighted by Crippen LogP contribution is -2.33. The number of aliphatic hydroxyl groups is 1. The number of aliphatic hydroxyl groups excluding tert-OH is 1. The van der Waals surface area contributed by atoms with Gasteiger partial charge in [-0.1, -0.05) is 0 Å². The van der Waals surface area contributed by atoms with Gasteiger partial charge in [-0.15, -0.1) is 3.89 Å². The predicted octanol–water partition coefficient (Wildman–Crippen LogP) is 0.578. The Labute approximate surface area is 122 Å². The molecule has 1 aliphatic rings. The van der Waals surface area contributed by atoms with E-state index in [1.807, 2.05) is 0 Å². The number of halogens is 1. The summed E-state index contributed by atoms with van der Waals surface area (Å²) in [7, 11) is -4.57. The molecule has 1 aromatic heterocycles. The third-order valence-electron chi connectivity index (χ3n) is 3.54. The van der Waals surface area contributed by atoms with E-state index >= 15 is 0 Å². The van der Waals surface area contributed by atoms with Crippen LogP contribution >= 0.6 is 0 Å². The normalized spacial score (nSPS) is 21.0. The van der Waals surface area contributed by atoms with Crippen LogP contribution in [0.3, 0.4) is 0 Å². The number of hydrogen-bond acceptors (Lipinski definition) is 5. The molecule has 1 fully saturated rings. The van der Waals surface area contributed by atoms with Crippen LogP contribution in [0.2, 0.25) is 0 Å². The van der Waals surface area contributed by atoms with Crippen molar-refractivity contribution in [2.24, 2.45) is 11.8 Å². The second-order valence-electron chi connectivity index (χ2n) is 5.41. The van der Waals surface area contributed by atoms with Gasteiger partial charge in [-0.2, -0.15) is 8.42 Å². The number of carbonyl (C=O) groups excluding carboxylic acids is 1. The van der Waals surface area contributed by atoms with Gasteiger partial charge in [0, 0.05) is 44.4 Å². The van der Waals surface area contributed by atoms with Crippen LogP contribution in [0.5, 0.6) is 0 Å². The number of rotatable bonds is 7. The fourth-order valence-electron chi connectivity index (χ4n) is 2.64. The highest BCUT2D eigenvalue weighted by Crippen LogP contribution is 2.22. The standard InChI is InChI=1S/C13H18FNO5S/c14-21(18,19)9-11-5-13(17)15(7-11)6-10(8-16)4-12-2-1-3-20-12/h1-3,10-11,16H,4-9H2. The summed E-state index contributed by atoms with van der Waals surface area (Å²) in [5, 5.41) is 9.39. The highest BCUT2D eigenvalue weighted by molar-refractivity contribution is 7.86. The summed E-state index contributed by atoms with van der Waals surface area (Å²) in [6.45, 7) is 0.395. The zero-order valence-electron chi connectivity index (χ0n) is 11.4. The Bertz CT molecular complexity index is 571. The maximum Gasteiger partial charge on any atom is 0.302 e. The van der Waals surface area contributed by atoms with Crippen molar-refractivity contribution in [1.82, 2.24) is 4.90 Å². The minimum Gasteiger partial charge on any atom is -0.469 e. The van der Waals surface area contributed by atoms with E-state index in [0.29, 0.717) is 18.7 Å². The summed E-state index contributed by atoms with van der Waals surface area (Å²) in [6, 6.07) is 3.53. The summed E-state index contributed by atoms with van der Waals surface area (Å²) in [4.78, 5) is 13.3. The molecule has 0 aliphatic carbocycles. The molecule has 1 saturated heterocycles. The van der Waals surface area contributed by atoms with Gasteiger partial charge in [-0.05, 0) is 12.1 Å². The van der Waals surface area contributed by atoms with Crippen LogP contribution in [-0.2, 0) is 21.4 Å². The number of amides is 1. The molecule has 8 heteroatoms. The summed E-state index contributed by atoms with van der Waals surface area (Å²) in [6.07, 6.45) is 2.05. The Morgan fingerprint density at radius 2 is 2.29 bits per heavy atom. The SMILES string of the molecule is O=C1CC(CS(=O)(=O)F)CN1CC(CO)Cc1ccco1. The zero-order valence-corrected chi connectivity index (χ0v) is 12.3. The van der Waals surface area contributed by atoms with Gasteiger partial charge in [0.2, 0.25) is 5.91 Å². The van der Waals surface area contributed by atoms with E-state index in [2.05, 4.69) is 0 Å². The first-order valence-electron chi connectivity index (χ1n) is 6.70. The third-order valence-corrected chi connectivity index (χ3v) is 4.41. The molecule has 6 nitrogen and oxygen atoms in total. The maximum absolute atomic E-state index is 12.7. The Morgan fingerprint density at radius 1 is 1.52 bits per heavy atom. The molecule has 2 atom stereocenters. The van der Waals surface area contributed by atoms with Gasteiger partial charge in [0.05, 0.1) is 12.0 Å². The molecule has 1 aromatic rings. The summed E-state index contributed by atoms with van der Waals surface area (Å²) >= 11 is 0. The number of likely N-dealkylation sites (tertiary alicyclic amines) is 1. The minimum absolute atomic E-state index is 0.0298. The molecule has 2 rings (SSSR count). The first-order valence-corrected chi connectivity index (χ1v) is 8.26.